The molecule has 0 amide bonds. The summed E-state index contributed by atoms with van der Waals surface area (Å²) in [5.74, 6) is 2.36. The van der Waals surface area contributed by atoms with E-state index in [1.165, 1.54) is 5.56 Å². The number of para-hydroxylation sites is 1. The zero-order valence-corrected chi connectivity index (χ0v) is 16.5. The fourth-order valence-corrected chi connectivity index (χ4v) is 2.53. The van der Waals surface area contributed by atoms with Crippen molar-refractivity contribution in [3.8, 4) is 11.6 Å². The summed E-state index contributed by atoms with van der Waals surface area (Å²) in [7, 11) is 1.70. The maximum absolute atomic E-state index is 5.51. The van der Waals surface area contributed by atoms with E-state index in [2.05, 4.69) is 40.5 Å². The molecule has 0 spiro atoms. The van der Waals surface area contributed by atoms with Crippen molar-refractivity contribution < 1.29 is 9.47 Å². The molecule has 1 heterocycles. The quantitative estimate of drug-likeness (QED) is 0.497. The van der Waals surface area contributed by atoms with E-state index < -0.39 is 0 Å². The summed E-state index contributed by atoms with van der Waals surface area (Å²) >= 11 is 0. The molecule has 0 aliphatic rings. The van der Waals surface area contributed by atoms with Crippen LogP contribution in [0.4, 0.5) is 0 Å². The van der Waals surface area contributed by atoms with Crippen LogP contribution in [-0.2, 0) is 13.0 Å². The highest BCUT2D eigenvalue weighted by molar-refractivity contribution is 5.79. The van der Waals surface area contributed by atoms with E-state index in [1.807, 2.05) is 36.5 Å². The molecule has 0 unspecified atom stereocenters. The largest absolute Gasteiger partial charge is 0.496 e. The Hall–Kier alpha value is -2.76. The van der Waals surface area contributed by atoms with Crippen molar-refractivity contribution in [3.63, 3.8) is 0 Å². The van der Waals surface area contributed by atoms with Gasteiger partial charge < -0.3 is 20.1 Å². The lowest BCUT2D eigenvalue weighted by molar-refractivity contribution is 0.305. The lowest BCUT2D eigenvalue weighted by Gasteiger charge is -2.13. The van der Waals surface area contributed by atoms with Gasteiger partial charge in [0.1, 0.15) is 5.75 Å². The van der Waals surface area contributed by atoms with Gasteiger partial charge in [0.2, 0.25) is 5.88 Å². The van der Waals surface area contributed by atoms with Crippen LogP contribution in [0.5, 0.6) is 11.6 Å². The summed E-state index contributed by atoms with van der Waals surface area (Å²) in [6, 6.07) is 12.0. The maximum atomic E-state index is 5.51. The second-order valence-electron chi connectivity index (χ2n) is 6.04. The molecular formula is C21H30N4O2. The van der Waals surface area contributed by atoms with Crippen LogP contribution in [0.2, 0.25) is 0 Å². The van der Waals surface area contributed by atoms with Crippen molar-refractivity contribution in [3.05, 3.63) is 53.7 Å². The molecule has 1 aromatic heterocycles. The van der Waals surface area contributed by atoms with Crippen molar-refractivity contribution in [2.75, 3.05) is 26.8 Å². The van der Waals surface area contributed by atoms with E-state index >= 15 is 0 Å². The van der Waals surface area contributed by atoms with E-state index in [9.17, 15) is 0 Å². The maximum Gasteiger partial charge on any atom is 0.213 e. The molecule has 0 aliphatic heterocycles. The highest BCUT2D eigenvalue weighted by atomic mass is 16.5. The minimum Gasteiger partial charge on any atom is -0.496 e. The van der Waals surface area contributed by atoms with Gasteiger partial charge in [-0.1, -0.05) is 31.2 Å². The summed E-state index contributed by atoms with van der Waals surface area (Å²) in [5.41, 5.74) is 2.22. The number of aliphatic imine (C=N–C) groups is 1. The fraction of sp³-hybridized carbons (Fsp3) is 0.429. The summed E-state index contributed by atoms with van der Waals surface area (Å²) in [5, 5.41) is 6.64. The fourth-order valence-electron chi connectivity index (χ4n) is 2.53. The normalized spacial score (nSPS) is 11.1. The molecule has 2 aromatic rings. The molecule has 27 heavy (non-hydrogen) atoms. The monoisotopic (exact) mass is 370 g/mol. The van der Waals surface area contributed by atoms with Crippen molar-refractivity contribution in [2.45, 2.75) is 33.2 Å². The predicted molar refractivity (Wildman–Crippen MR) is 110 cm³/mol. The van der Waals surface area contributed by atoms with Crippen LogP contribution in [-0.4, -0.2) is 37.7 Å². The topological polar surface area (TPSA) is 67.8 Å². The highest BCUT2D eigenvalue weighted by Crippen LogP contribution is 2.17. The zero-order chi connectivity index (χ0) is 19.3. The molecule has 6 heteroatoms. The first-order valence-electron chi connectivity index (χ1n) is 9.48. The molecule has 1 aromatic carbocycles. The second-order valence-corrected chi connectivity index (χ2v) is 6.04. The van der Waals surface area contributed by atoms with Crippen molar-refractivity contribution in [1.29, 1.82) is 0 Å². The first-order chi connectivity index (χ1) is 13.3. The lowest BCUT2D eigenvalue weighted by Crippen LogP contribution is -2.38. The number of nitrogens with one attached hydrogen (secondary N) is 2. The molecule has 0 atom stereocenters. The standard InChI is InChI=1S/C21H30N4O2/c1-4-14-27-20-11-10-17(15-24-20)16-25-21(22-5-2)23-13-12-18-8-6-7-9-19(18)26-3/h6-11,15H,4-5,12-14,16H2,1-3H3,(H2,22,23,25). The second kappa shape index (κ2) is 11.8. The van der Waals surface area contributed by atoms with E-state index in [0.717, 1.165) is 43.2 Å². The van der Waals surface area contributed by atoms with Gasteiger partial charge in [0, 0.05) is 25.4 Å². The molecule has 0 saturated heterocycles. The number of guanidine groups is 1. The van der Waals surface area contributed by atoms with Gasteiger partial charge in [-0.05, 0) is 37.0 Å². The van der Waals surface area contributed by atoms with Gasteiger partial charge in [-0.3, -0.25) is 0 Å². The van der Waals surface area contributed by atoms with Gasteiger partial charge in [0.15, 0.2) is 5.96 Å². The predicted octanol–water partition coefficient (Wildman–Crippen LogP) is 3.18. The summed E-state index contributed by atoms with van der Waals surface area (Å²) in [6.45, 7) is 6.96. The number of benzene rings is 1. The van der Waals surface area contributed by atoms with Gasteiger partial charge >= 0.3 is 0 Å². The molecule has 6 nitrogen and oxygen atoms in total. The van der Waals surface area contributed by atoms with Crippen molar-refractivity contribution >= 4 is 5.96 Å². The number of pyridine rings is 1. The molecule has 2 N–H and O–H groups in total. The SMILES string of the molecule is CCCOc1ccc(CN=C(NCC)NCCc2ccccc2OC)cn1. The van der Waals surface area contributed by atoms with Crippen LogP contribution in [0.3, 0.4) is 0 Å². The first-order valence-corrected chi connectivity index (χ1v) is 9.48. The average molecular weight is 370 g/mol. The van der Waals surface area contributed by atoms with E-state index in [4.69, 9.17) is 9.47 Å². The third-order valence-electron chi connectivity index (χ3n) is 3.89. The summed E-state index contributed by atoms with van der Waals surface area (Å²) in [4.78, 5) is 8.95. The zero-order valence-electron chi connectivity index (χ0n) is 16.5. The van der Waals surface area contributed by atoms with Crippen LogP contribution in [0.15, 0.2) is 47.6 Å². The summed E-state index contributed by atoms with van der Waals surface area (Å²) in [6.07, 6.45) is 3.65. The third-order valence-corrected chi connectivity index (χ3v) is 3.89. The molecule has 0 aliphatic carbocycles. The van der Waals surface area contributed by atoms with Crippen molar-refractivity contribution in [1.82, 2.24) is 15.6 Å². The van der Waals surface area contributed by atoms with E-state index in [-0.39, 0.29) is 0 Å². The molecular weight excluding hydrogens is 340 g/mol. The van der Waals surface area contributed by atoms with Gasteiger partial charge in [-0.15, -0.1) is 0 Å². The number of aromatic nitrogens is 1. The van der Waals surface area contributed by atoms with E-state index in [1.54, 1.807) is 7.11 Å². The Kier molecular flexibility index (Phi) is 8.96. The third kappa shape index (κ3) is 7.17. The van der Waals surface area contributed by atoms with Crippen LogP contribution >= 0.6 is 0 Å². The number of hydrogen-bond acceptors (Lipinski definition) is 4. The molecule has 0 fully saturated rings. The number of hydrogen-bond donors (Lipinski definition) is 2. The Morgan fingerprint density at radius 3 is 2.67 bits per heavy atom. The van der Waals surface area contributed by atoms with Crippen LogP contribution in [0, 0.1) is 0 Å². The van der Waals surface area contributed by atoms with Crippen LogP contribution in [0.25, 0.3) is 0 Å². The molecule has 0 saturated carbocycles. The Morgan fingerprint density at radius 1 is 1.11 bits per heavy atom. The Labute approximate surface area is 162 Å². The van der Waals surface area contributed by atoms with E-state index in [0.29, 0.717) is 19.0 Å². The van der Waals surface area contributed by atoms with Gasteiger partial charge in [0.25, 0.3) is 0 Å². The Bertz CT molecular complexity index is 702. The molecule has 2 rings (SSSR count). The Balaban J connectivity index is 1.88. The van der Waals surface area contributed by atoms with Gasteiger partial charge in [-0.2, -0.15) is 0 Å². The van der Waals surface area contributed by atoms with Crippen molar-refractivity contribution in [2.24, 2.45) is 4.99 Å². The lowest BCUT2D eigenvalue weighted by atomic mass is 10.1. The summed E-state index contributed by atoms with van der Waals surface area (Å²) < 4.78 is 10.9. The minimum absolute atomic E-state index is 0.561. The Morgan fingerprint density at radius 2 is 1.96 bits per heavy atom. The molecule has 0 radical (unpaired) electrons. The highest BCUT2D eigenvalue weighted by Gasteiger charge is 2.03. The van der Waals surface area contributed by atoms with Crippen LogP contribution < -0.4 is 20.1 Å². The van der Waals surface area contributed by atoms with Gasteiger partial charge in [-0.25, -0.2) is 9.98 Å². The van der Waals surface area contributed by atoms with Gasteiger partial charge in [0.05, 0.1) is 20.3 Å². The molecule has 146 valence electrons. The minimum atomic E-state index is 0.561. The first kappa shape index (κ1) is 20.6. The smallest absolute Gasteiger partial charge is 0.213 e. The average Bonchev–Trinajstić information content (AvgIpc) is 2.71. The number of ether oxygens (including phenoxy) is 2. The number of nitrogens with zero attached hydrogens (tertiary/aromatic N) is 2. The number of methoxy groups -OCH3 is 1. The van der Waals surface area contributed by atoms with Crippen LogP contribution in [0.1, 0.15) is 31.4 Å². The molecule has 0 bridgehead atoms. The number of rotatable bonds is 10.